The molecule has 1 nitrogen and oxygen atoms in total. The second-order valence-corrected chi connectivity index (χ2v) is 3.29. The maximum atomic E-state index is 8.51. The van der Waals surface area contributed by atoms with Gasteiger partial charge in [0.05, 0.1) is 6.61 Å². The van der Waals surface area contributed by atoms with Crippen LogP contribution in [0.4, 0.5) is 0 Å². The minimum atomic E-state index is 0.199. The highest BCUT2D eigenvalue weighted by atomic mass is 16.2. The summed E-state index contributed by atoms with van der Waals surface area (Å²) in [7, 11) is 0. The third-order valence-electron chi connectivity index (χ3n) is 2.25. The first-order valence-electron chi connectivity index (χ1n) is 4.10. The molecule has 0 aromatic carbocycles. The molecule has 1 N–H and O–H groups in total. The van der Waals surface area contributed by atoms with Crippen molar-refractivity contribution in [2.45, 2.75) is 26.2 Å². The fourth-order valence-electron chi connectivity index (χ4n) is 1.68. The first-order valence-corrected chi connectivity index (χ1v) is 4.10. The van der Waals surface area contributed by atoms with Crippen LogP contribution in [0.25, 0.3) is 0 Å². The van der Waals surface area contributed by atoms with Crippen molar-refractivity contribution >= 4 is 0 Å². The Morgan fingerprint density at radius 2 is 2.30 bits per heavy atom. The summed E-state index contributed by atoms with van der Waals surface area (Å²) in [6, 6.07) is 0. The Bertz CT molecular complexity index is 118. The summed E-state index contributed by atoms with van der Waals surface area (Å²) in [4.78, 5) is 0. The first-order chi connectivity index (χ1) is 4.83. The Kier molecular flexibility index (Phi) is 2.94. The molecule has 0 radical (unpaired) electrons. The maximum absolute atomic E-state index is 8.51. The Morgan fingerprint density at radius 3 is 2.80 bits per heavy atom. The van der Waals surface area contributed by atoms with E-state index < -0.39 is 0 Å². The van der Waals surface area contributed by atoms with Crippen LogP contribution in [0.2, 0.25) is 0 Å². The Morgan fingerprint density at radius 1 is 1.50 bits per heavy atom. The number of hydrogen-bond acceptors (Lipinski definition) is 1. The smallest absolute Gasteiger partial charge is 0.0612 e. The monoisotopic (exact) mass is 140 g/mol. The summed E-state index contributed by atoms with van der Waals surface area (Å²) >= 11 is 0. The summed E-state index contributed by atoms with van der Waals surface area (Å²) in [5.74, 6) is 1.65. The zero-order valence-electron chi connectivity index (χ0n) is 6.59. The van der Waals surface area contributed by atoms with Crippen LogP contribution >= 0.6 is 0 Å². The van der Waals surface area contributed by atoms with Gasteiger partial charge in [0.15, 0.2) is 0 Å². The van der Waals surface area contributed by atoms with Gasteiger partial charge in [0.1, 0.15) is 0 Å². The van der Waals surface area contributed by atoms with Gasteiger partial charge in [-0.25, -0.2) is 0 Å². The van der Waals surface area contributed by atoms with Crippen LogP contribution in [-0.2, 0) is 0 Å². The minimum absolute atomic E-state index is 0.199. The molecule has 1 fully saturated rings. The maximum Gasteiger partial charge on any atom is 0.0612 e. The molecule has 10 heavy (non-hydrogen) atoms. The Balaban J connectivity index is 2.24. The standard InChI is InChI=1S/C9H16O/c1-8-4-5-9(7-8)3-2-6-10/h2-3,8-10H,4-7H2,1H3/b3-2+. The summed E-state index contributed by atoms with van der Waals surface area (Å²) < 4.78 is 0. The van der Waals surface area contributed by atoms with Crippen molar-refractivity contribution < 1.29 is 5.11 Å². The van der Waals surface area contributed by atoms with E-state index in [1.807, 2.05) is 6.08 Å². The molecule has 1 aliphatic rings. The SMILES string of the molecule is CC1CCC(/C=C/CO)C1. The van der Waals surface area contributed by atoms with E-state index in [9.17, 15) is 0 Å². The van der Waals surface area contributed by atoms with Crippen molar-refractivity contribution in [2.75, 3.05) is 6.61 Å². The number of allylic oxidation sites excluding steroid dienone is 1. The summed E-state index contributed by atoms with van der Waals surface area (Å²) in [5, 5.41) is 8.51. The first kappa shape index (κ1) is 7.80. The molecular weight excluding hydrogens is 124 g/mol. The lowest BCUT2D eigenvalue weighted by atomic mass is 10.1. The van der Waals surface area contributed by atoms with Crippen molar-refractivity contribution in [1.29, 1.82) is 0 Å². The van der Waals surface area contributed by atoms with Crippen LogP contribution in [0, 0.1) is 11.8 Å². The molecule has 58 valence electrons. The molecule has 2 unspecified atom stereocenters. The van der Waals surface area contributed by atoms with E-state index in [2.05, 4.69) is 13.0 Å². The van der Waals surface area contributed by atoms with Crippen LogP contribution < -0.4 is 0 Å². The zero-order chi connectivity index (χ0) is 7.40. The van der Waals surface area contributed by atoms with Crippen LogP contribution in [0.3, 0.4) is 0 Å². The molecule has 0 amide bonds. The number of rotatable bonds is 2. The molecule has 0 aromatic rings. The molecule has 1 aliphatic carbocycles. The third kappa shape index (κ3) is 2.14. The van der Waals surface area contributed by atoms with Gasteiger partial charge in [-0.3, -0.25) is 0 Å². The van der Waals surface area contributed by atoms with Crippen molar-refractivity contribution in [3.8, 4) is 0 Å². The van der Waals surface area contributed by atoms with E-state index in [4.69, 9.17) is 5.11 Å². The predicted molar refractivity (Wildman–Crippen MR) is 42.7 cm³/mol. The molecule has 0 saturated heterocycles. The fourth-order valence-corrected chi connectivity index (χ4v) is 1.68. The van der Waals surface area contributed by atoms with Gasteiger partial charge in [0.25, 0.3) is 0 Å². The van der Waals surface area contributed by atoms with Gasteiger partial charge in [0, 0.05) is 0 Å². The van der Waals surface area contributed by atoms with Crippen LogP contribution in [0.15, 0.2) is 12.2 Å². The van der Waals surface area contributed by atoms with Gasteiger partial charge < -0.3 is 5.11 Å². The van der Waals surface area contributed by atoms with Gasteiger partial charge in [0.2, 0.25) is 0 Å². The highest BCUT2D eigenvalue weighted by molar-refractivity contribution is 4.91. The van der Waals surface area contributed by atoms with Gasteiger partial charge in [-0.1, -0.05) is 25.5 Å². The fraction of sp³-hybridized carbons (Fsp3) is 0.778. The molecule has 0 spiro atoms. The van der Waals surface area contributed by atoms with E-state index in [0.717, 1.165) is 11.8 Å². The van der Waals surface area contributed by atoms with Crippen LogP contribution in [0.1, 0.15) is 26.2 Å². The summed E-state index contributed by atoms with van der Waals surface area (Å²) in [5.41, 5.74) is 0. The number of aliphatic hydroxyl groups is 1. The lowest BCUT2D eigenvalue weighted by Gasteiger charge is -2.00. The van der Waals surface area contributed by atoms with Crippen LogP contribution in [0.5, 0.6) is 0 Å². The van der Waals surface area contributed by atoms with Crippen molar-refractivity contribution in [3.63, 3.8) is 0 Å². The molecular formula is C9H16O. The van der Waals surface area contributed by atoms with E-state index >= 15 is 0 Å². The van der Waals surface area contributed by atoms with E-state index in [-0.39, 0.29) is 6.61 Å². The average molecular weight is 140 g/mol. The third-order valence-corrected chi connectivity index (χ3v) is 2.25. The number of hydrogen-bond donors (Lipinski definition) is 1. The molecule has 0 aromatic heterocycles. The van der Waals surface area contributed by atoms with Gasteiger partial charge in [-0.05, 0) is 24.7 Å². The second kappa shape index (κ2) is 3.77. The molecule has 1 saturated carbocycles. The molecule has 1 heteroatoms. The largest absolute Gasteiger partial charge is 0.392 e. The van der Waals surface area contributed by atoms with Crippen molar-refractivity contribution in [2.24, 2.45) is 11.8 Å². The highest BCUT2D eigenvalue weighted by Gasteiger charge is 2.18. The van der Waals surface area contributed by atoms with Crippen molar-refractivity contribution in [3.05, 3.63) is 12.2 Å². The normalized spacial score (nSPS) is 33.8. The summed E-state index contributed by atoms with van der Waals surface area (Å²) in [6.07, 6.45) is 8.01. The lowest BCUT2D eigenvalue weighted by molar-refractivity contribution is 0.341. The molecule has 0 bridgehead atoms. The zero-order valence-corrected chi connectivity index (χ0v) is 6.59. The Hall–Kier alpha value is -0.300. The van der Waals surface area contributed by atoms with E-state index in [1.165, 1.54) is 19.3 Å². The average Bonchev–Trinajstić information content (AvgIpc) is 2.31. The minimum Gasteiger partial charge on any atom is -0.392 e. The predicted octanol–water partition coefficient (Wildman–Crippen LogP) is 1.97. The second-order valence-electron chi connectivity index (χ2n) is 3.29. The topological polar surface area (TPSA) is 20.2 Å². The number of aliphatic hydroxyl groups excluding tert-OH is 1. The molecule has 1 rings (SSSR count). The molecule has 0 aliphatic heterocycles. The van der Waals surface area contributed by atoms with E-state index in [1.54, 1.807) is 0 Å². The highest BCUT2D eigenvalue weighted by Crippen LogP contribution is 2.30. The summed E-state index contributed by atoms with van der Waals surface area (Å²) in [6.45, 7) is 2.50. The van der Waals surface area contributed by atoms with Crippen LogP contribution in [-0.4, -0.2) is 11.7 Å². The van der Waals surface area contributed by atoms with Gasteiger partial charge in [-0.2, -0.15) is 0 Å². The van der Waals surface area contributed by atoms with Crippen molar-refractivity contribution in [1.82, 2.24) is 0 Å². The molecule has 0 heterocycles. The quantitative estimate of drug-likeness (QED) is 0.581. The lowest BCUT2D eigenvalue weighted by Crippen LogP contribution is -1.89. The Labute approximate surface area is 62.8 Å². The van der Waals surface area contributed by atoms with E-state index in [0.29, 0.717) is 0 Å². The van der Waals surface area contributed by atoms with Gasteiger partial charge >= 0.3 is 0 Å². The van der Waals surface area contributed by atoms with Gasteiger partial charge in [-0.15, -0.1) is 0 Å². The molecule has 2 atom stereocenters.